The quantitative estimate of drug-likeness (QED) is 0.378. The Morgan fingerprint density at radius 3 is 2.29 bits per heavy atom. The van der Waals surface area contributed by atoms with Gasteiger partial charge in [0.1, 0.15) is 0 Å². The van der Waals surface area contributed by atoms with Gasteiger partial charge in [0, 0.05) is 6.54 Å². The van der Waals surface area contributed by atoms with Gasteiger partial charge in [-0.3, -0.25) is 14.5 Å². The van der Waals surface area contributed by atoms with Gasteiger partial charge in [0.2, 0.25) is 0 Å². The van der Waals surface area contributed by atoms with E-state index in [2.05, 4.69) is 45.9 Å². The van der Waals surface area contributed by atoms with Crippen LogP contribution in [0.15, 0.2) is 83.0 Å². The van der Waals surface area contributed by atoms with Gasteiger partial charge in [0.15, 0.2) is 0 Å². The van der Waals surface area contributed by atoms with E-state index in [1.807, 2.05) is 25.2 Å². The second kappa shape index (κ2) is 9.47. The summed E-state index contributed by atoms with van der Waals surface area (Å²) in [4.78, 5) is 26.2. The topological polar surface area (TPSA) is 37.4 Å². The molecule has 3 heteroatoms. The number of imide groups is 1. The molecule has 0 unspecified atom stereocenters. The minimum atomic E-state index is -0.218. The molecule has 31 heavy (non-hydrogen) atoms. The monoisotopic (exact) mass is 415 g/mol. The van der Waals surface area contributed by atoms with Crippen LogP contribution in [0.2, 0.25) is 0 Å². The molecule has 1 heterocycles. The summed E-state index contributed by atoms with van der Waals surface area (Å²) < 4.78 is 0. The summed E-state index contributed by atoms with van der Waals surface area (Å²) in [5, 5.41) is 0. The number of carbonyl (C=O) groups excluding carboxylic acids is 2. The highest BCUT2D eigenvalue weighted by Crippen LogP contribution is 2.40. The Morgan fingerprint density at radius 2 is 1.68 bits per heavy atom. The Balaban J connectivity index is 1.60. The summed E-state index contributed by atoms with van der Waals surface area (Å²) in [6, 6.07) is 6.99. The first-order valence-electron chi connectivity index (χ1n) is 11.1. The van der Waals surface area contributed by atoms with E-state index in [0.717, 1.165) is 5.57 Å². The molecular weight excluding hydrogens is 382 g/mol. The number of allylic oxidation sites excluding steroid dienone is 9. The minimum absolute atomic E-state index is 0.218. The van der Waals surface area contributed by atoms with Crippen LogP contribution in [0.3, 0.4) is 0 Å². The maximum Gasteiger partial charge on any atom is 0.261 e. The van der Waals surface area contributed by atoms with Gasteiger partial charge in [-0.25, -0.2) is 0 Å². The van der Waals surface area contributed by atoms with Crippen molar-refractivity contribution in [2.24, 2.45) is 5.41 Å². The van der Waals surface area contributed by atoms with Gasteiger partial charge in [-0.2, -0.15) is 0 Å². The predicted octanol–water partition coefficient (Wildman–Crippen LogP) is 6.81. The van der Waals surface area contributed by atoms with E-state index in [9.17, 15) is 9.59 Å². The van der Waals surface area contributed by atoms with Crippen LogP contribution >= 0.6 is 0 Å². The number of benzene rings is 1. The zero-order valence-corrected chi connectivity index (χ0v) is 19.4. The Hall–Kier alpha value is -2.94. The van der Waals surface area contributed by atoms with E-state index < -0.39 is 0 Å². The average molecular weight is 416 g/mol. The molecule has 2 aliphatic rings. The lowest BCUT2D eigenvalue weighted by molar-refractivity contribution is 0.0672. The molecule has 1 aliphatic carbocycles. The number of nitrogens with zero attached hydrogens (tertiary/aromatic N) is 1. The van der Waals surface area contributed by atoms with Crippen LogP contribution in [-0.4, -0.2) is 23.3 Å². The lowest BCUT2D eigenvalue weighted by Crippen LogP contribution is -2.29. The lowest BCUT2D eigenvalue weighted by Gasteiger charge is -2.32. The molecule has 162 valence electrons. The van der Waals surface area contributed by atoms with Crippen molar-refractivity contribution in [1.82, 2.24) is 4.90 Å². The van der Waals surface area contributed by atoms with Gasteiger partial charge in [0.05, 0.1) is 11.1 Å². The highest BCUT2D eigenvalue weighted by Gasteiger charge is 2.34. The van der Waals surface area contributed by atoms with Crippen molar-refractivity contribution < 1.29 is 9.59 Å². The third-order valence-electron chi connectivity index (χ3n) is 6.25. The summed E-state index contributed by atoms with van der Waals surface area (Å²) in [6.07, 6.45) is 16.2. The number of rotatable bonds is 6. The molecule has 0 saturated carbocycles. The molecule has 3 nitrogen and oxygen atoms in total. The minimum Gasteiger partial charge on any atom is -0.270 e. The van der Waals surface area contributed by atoms with E-state index in [0.29, 0.717) is 11.1 Å². The molecule has 0 aromatic heterocycles. The summed E-state index contributed by atoms with van der Waals surface area (Å²) in [5.74, 6) is -0.436. The Morgan fingerprint density at radius 1 is 1.03 bits per heavy atom. The Bertz CT molecular complexity index is 996. The number of carbonyl (C=O) groups is 2. The van der Waals surface area contributed by atoms with Crippen molar-refractivity contribution in [3.05, 3.63) is 94.1 Å². The van der Waals surface area contributed by atoms with Gasteiger partial charge in [0.25, 0.3) is 11.8 Å². The van der Waals surface area contributed by atoms with Crippen LogP contribution < -0.4 is 0 Å². The van der Waals surface area contributed by atoms with E-state index >= 15 is 0 Å². The molecule has 0 radical (unpaired) electrons. The van der Waals surface area contributed by atoms with Gasteiger partial charge in [-0.05, 0) is 63.2 Å². The van der Waals surface area contributed by atoms with E-state index in [-0.39, 0.29) is 23.8 Å². The zero-order valence-electron chi connectivity index (χ0n) is 19.4. The maximum absolute atomic E-state index is 12.4. The molecule has 1 aromatic rings. The van der Waals surface area contributed by atoms with Gasteiger partial charge in [-0.15, -0.1) is 0 Å². The number of fused-ring (bicyclic) bond motifs is 1. The zero-order chi connectivity index (χ0) is 22.6. The summed E-state index contributed by atoms with van der Waals surface area (Å²) in [5.41, 5.74) is 6.40. The molecule has 1 aromatic carbocycles. The molecule has 0 N–H and O–H groups in total. The fourth-order valence-electron chi connectivity index (χ4n) is 4.34. The van der Waals surface area contributed by atoms with Crippen molar-refractivity contribution in [3.8, 4) is 0 Å². The third-order valence-corrected chi connectivity index (χ3v) is 6.25. The second-order valence-electron chi connectivity index (χ2n) is 9.25. The smallest absolute Gasteiger partial charge is 0.261 e. The van der Waals surface area contributed by atoms with Gasteiger partial charge in [-0.1, -0.05) is 79.2 Å². The molecule has 0 spiro atoms. The first-order chi connectivity index (χ1) is 14.7. The van der Waals surface area contributed by atoms with Crippen molar-refractivity contribution >= 4 is 11.8 Å². The molecular formula is C28H33NO2. The molecule has 0 saturated heterocycles. The van der Waals surface area contributed by atoms with E-state index in [1.165, 1.54) is 40.9 Å². The van der Waals surface area contributed by atoms with Crippen LogP contribution in [0.4, 0.5) is 0 Å². The summed E-state index contributed by atoms with van der Waals surface area (Å²) >= 11 is 0. The van der Waals surface area contributed by atoms with Crippen LogP contribution in [0.5, 0.6) is 0 Å². The van der Waals surface area contributed by atoms with Crippen LogP contribution in [-0.2, 0) is 0 Å². The Labute approximate surface area is 186 Å². The van der Waals surface area contributed by atoms with Crippen LogP contribution in [0.1, 0.15) is 74.6 Å². The predicted molar refractivity (Wildman–Crippen MR) is 128 cm³/mol. The summed E-state index contributed by atoms with van der Waals surface area (Å²) in [7, 11) is 0. The van der Waals surface area contributed by atoms with Crippen LogP contribution in [0.25, 0.3) is 0 Å². The fourth-order valence-corrected chi connectivity index (χ4v) is 4.34. The number of hydrogen-bond acceptors (Lipinski definition) is 2. The molecule has 0 bridgehead atoms. The molecule has 0 atom stereocenters. The van der Waals surface area contributed by atoms with Crippen molar-refractivity contribution in [3.63, 3.8) is 0 Å². The molecule has 2 amide bonds. The second-order valence-corrected chi connectivity index (χ2v) is 9.25. The van der Waals surface area contributed by atoms with Crippen LogP contribution in [0, 0.1) is 5.41 Å². The molecule has 1 aliphatic heterocycles. The van der Waals surface area contributed by atoms with Crippen molar-refractivity contribution in [2.45, 2.75) is 53.9 Å². The third kappa shape index (κ3) is 5.22. The standard InChI is InChI=1S/C28H33NO2/c1-20(15-16-25-22(3)12-9-18-28(25,4)5)10-8-11-21(2)17-19-29-26(30)23-13-6-7-14-24(23)27(29)31/h6-8,10-11,13-17H,9,12,18-19H2,1-5H3/b11-8-,16-15-,20-10-,21-17-. The van der Waals surface area contributed by atoms with E-state index in [1.54, 1.807) is 24.3 Å². The molecule has 0 fully saturated rings. The van der Waals surface area contributed by atoms with Gasteiger partial charge < -0.3 is 0 Å². The first-order valence-corrected chi connectivity index (χ1v) is 11.1. The summed E-state index contributed by atoms with van der Waals surface area (Å²) in [6.45, 7) is 11.3. The number of hydrogen-bond donors (Lipinski definition) is 0. The average Bonchev–Trinajstić information content (AvgIpc) is 2.96. The van der Waals surface area contributed by atoms with Crippen molar-refractivity contribution in [1.29, 1.82) is 0 Å². The molecule has 3 rings (SSSR count). The van der Waals surface area contributed by atoms with E-state index in [4.69, 9.17) is 0 Å². The maximum atomic E-state index is 12.4. The number of amides is 2. The normalized spacial score (nSPS) is 19.8. The lowest BCUT2D eigenvalue weighted by atomic mass is 9.72. The van der Waals surface area contributed by atoms with Gasteiger partial charge >= 0.3 is 0 Å². The fraction of sp³-hybridized carbons (Fsp3) is 0.357. The highest BCUT2D eigenvalue weighted by atomic mass is 16.2. The highest BCUT2D eigenvalue weighted by molar-refractivity contribution is 6.21. The first kappa shape index (κ1) is 22.7. The largest absolute Gasteiger partial charge is 0.270 e. The SMILES string of the molecule is CC1=C(\C=C/C(C)=C\C=C/C(C)=C\CN2C(=O)c3ccccc3C2=O)C(C)(C)CCC1. The Kier molecular flexibility index (Phi) is 6.94. The van der Waals surface area contributed by atoms with Crippen molar-refractivity contribution in [2.75, 3.05) is 6.54 Å².